The molecule has 1 rings (SSSR count). The summed E-state index contributed by atoms with van der Waals surface area (Å²) in [5, 5.41) is 8.32. The lowest BCUT2D eigenvalue weighted by molar-refractivity contribution is -0.124. The van der Waals surface area contributed by atoms with Gasteiger partial charge in [-0.1, -0.05) is 12.1 Å². The largest absolute Gasteiger partial charge is 0.329 e. The van der Waals surface area contributed by atoms with Crippen LogP contribution in [0.2, 0.25) is 0 Å². The van der Waals surface area contributed by atoms with Crippen LogP contribution in [0, 0.1) is 17.1 Å². The van der Waals surface area contributed by atoms with Crippen LogP contribution in [0.15, 0.2) is 24.3 Å². The summed E-state index contributed by atoms with van der Waals surface area (Å²) >= 11 is 0. The Bertz CT molecular complexity index is 384. The molecule has 0 unspecified atom stereocenters. The van der Waals surface area contributed by atoms with E-state index < -0.39 is 5.91 Å². The Morgan fingerprint density at radius 3 is 2.93 bits per heavy atom. The van der Waals surface area contributed by atoms with Crippen LogP contribution in [0.25, 0.3) is 0 Å². The molecule has 1 amide bonds. The van der Waals surface area contributed by atoms with Gasteiger partial charge in [-0.2, -0.15) is 5.26 Å². The molecule has 14 heavy (non-hydrogen) atoms. The van der Waals surface area contributed by atoms with Crippen LogP contribution in [0.3, 0.4) is 0 Å². The number of hydrogen-bond acceptors (Lipinski definition) is 2. The predicted octanol–water partition coefficient (Wildman–Crippen LogP) is 1.31. The number of amides is 1. The second-order valence-electron chi connectivity index (χ2n) is 2.90. The zero-order valence-electron chi connectivity index (χ0n) is 7.70. The molecular weight excluding hydrogens is 183 g/mol. The van der Waals surface area contributed by atoms with Gasteiger partial charge in [0.15, 0.2) is 6.07 Å². The Hall–Kier alpha value is -1.89. The quantitative estimate of drug-likeness (QED) is 0.663. The molecule has 0 aromatic heterocycles. The van der Waals surface area contributed by atoms with E-state index in [0.717, 1.165) is 0 Å². The van der Waals surface area contributed by atoms with Crippen LogP contribution in [-0.2, 0) is 11.3 Å². The first kappa shape index (κ1) is 10.2. The van der Waals surface area contributed by atoms with Crippen molar-refractivity contribution < 1.29 is 9.18 Å². The summed E-state index contributed by atoms with van der Waals surface area (Å²) < 4.78 is 12.7. The second-order valence-corrected chi connectivity index (χ2v) is 2.90. The normalized spacial score (nSPS) is 9.21. The molecule has 72 valence electrons. The number of halogens is 1. The van der Waals surface area contributed by atoms with E-state index in [0.29, 0.717) is 5.56 Å². The number of hydrogen-bond donors (Lipinski definition) is 0. The minimum atomic E-state index is -0.630. The van der Waals surface area contributed by atoms with Gasteiger partial charge in [0.2, 0.25) is 0 Å². The summed E-state index contributed by atoms with van der Waals surface area (Å²) in [6.45, 7) is 0.240. The lowest BCUT2D eigenvalue weighted by Gasteiger charge is -2.12. The molecular formula is C10H9FN2O. The van der Waals surface area contributed by atoms with Crippen LogP contribution in [0.4, 0.5) is 4.39 Å². The first-order valence-corrected chi connectivity index (χ1v) is 4.03. The summed E-state index contributed by atoms with van der Waals surface area (Å²) in [5.41, 5.74) is 0.663. The molecule has 0 spiro atoms. The topological polar surface area (TPSA) is 44.1 Å². The Morgan fingerprint density at radius 1 is 1.64 bits per heavy atom. The molecule has 0 bridgehead atoms. The maximum atomic E-state index is 12.7. The van der Waals surface area contributed by atoms with Gasteiger partial charge in [0.25, 0.3) is 0 Å². The first-order valence-electron chi connectivity index (χ1n) is 4.03. The summed E-state index contributed by atoms with van der Waals surface area (Å²) in [5.74, 6) is -0.977. The predicted molar refractivity (Wildman–Crippen MR) is 48.5 cm³/mol. The third kappa shape index (κ3) is 2.56. The number of rotatable bonds is 2. The van der Waals surface area contributed by atoms with Gasteiger partial charge in [-0.25, -0.2) is 4.39 Å². The maximum absolute atomic E-state index is 12.7. The van der Waals surface area contributed by atoms with Crippen LogP contribution in [-0.4, -0.2) is 17.9 Å². The van der Waals surface area contributed by atoms with E-state index >= 15 is 0 Å². The summed E-state index contributed by atoms with van der Waals surface area (Å²) in [6.07, 6.45) is 0. The minimum absolute atomic E-state index is 0.240. The Kier molecular flexibility index (Phi) is 3.19. The zero-order valence-corrected chi connectivity index (χ0v) is 7.70. The van der Waals surface area contributed by atoms with Gasteiger partial charge >= 0.3 is 5.91 Å². The number of benzene rings is 1. The summed E-state index contributed by atoms with van der Waals surface area (Å²) in [4.78, 5) is 12.1. The van der Waals surface area contributed by atoms with Gasteiger partial charge in [0, 0.05) is 13.6 Å². The van der Waals surface area contributed by atoms with Gasteiger partial charge < -0.3 is 4.90 Å². The van der Waals surface area contributed by atoms with Crippen molar-refractivity contribution in [2.45, 2.75) is 6.54 Å². The molecule has 0 aliphatic heterocycles. The van der Waals surface area contributed by atoms with Crippen molar-refractivity contribution in [1.29, 1.82) is 5.26 Å². The van der Waals surface area contributed by atoms with Gasteiger partial charge in [-0.3, -0.25) is 4.79 Å². The van der Waals surface area contributed by atoms with Crippen molar-refractivity contribution in [1.82, 2.24) is 4.90 Å². The van der Waals surface area contributed by atoms with E-state index in [1.807, 2.05) is 0 Å². The van der Waals surface area contributed by atoms with E-state index in [4.69, 9.17) is 5.26 Å². The van der Waals surface area contributed by atoms with Gasteiger partial charge in [0.1, 0.15) is 5.82 Å². The minimum Gasteiger partial charge on any atom is -0.329 e. The van der Waals surface area contributed by atoms with Gasteiger partial charge in [-0.05, 0) is 17.7 Å². The molecule has 3 nitrogen and oxygen atoms in total. The van der Waals surface area contributed by atoms with Crippen LogP contribution < -0.4 is 0 Å². The molecule has 0 aliphatic rings. The molecule has 0 radical (unpaired) electrons. The van der Waals surface area contributed by atoms with Crippen LogP contribution in [0.5, 0.6) is 0 Å². The fourth-order valence-electron chi connectivity index (χ4n) is 1.07. The van der Waals surface area contributed by atoms with Crippen molar-refractivity contribution in [3.63, 3.8) is 0 Å². The smallest absolute Gasteiger partial charge is 0.325 e. The van der Waals surface area contributed by atoms with E-state index in [2.05, 4.69) is 0 Å². The highest BCUT2D eigenvalue weighted by Crippen LogP contribution is 2.05. The monoisotopic (exact) mass is 192 g/mol. The average molecular weight is 192 g/mol. The number of nitrogens with zero attached hydrogens (tertiary/aromatic N) is 2. The van der Waals surface area contributed by atoms with Crippen molar-refractivity contribution in [2.75, 3.05) is 7.05 Å². The standard InChI is InChI=1S/C10H9FN2O/c1-13(10(14)6-12)7-8-3-2-4-9(11)5-8/h2-5H,7H2,1H3. The highest BCUT2D eigenvalue weighted by molar-refractivity contribution is 5.90. The van der Waals surface area contributed by atoms with Crippen LogP contribution in [0.1, 0.15) is 5.56 Å². The van der Waals surface area contributed by atoms with Crippen molar-refractivity contribution in [3.05, 3.63) is 35.6 Å². The van der Waals surface area contributed by atoms with Gasteiger partial charge in [-0.15, -0.1) is 0 Å². The average Bonchev–Trinajstić information content (AvgIpc) is 2.16. The highest BCUT2D eigenvalue weighted by atomic mass is 19.1. The molecule has 0 aliphatic carbocycles. The molecule has 0 atom stereocenters. The third-order valence-electron chi connectivity index (χ3n) is 1.75. The zero-order chi connectivity index (χ0) is 10.6. The summed E-state index contributed by atoms with van der Waals surface area (Å²) in [6, 6.07) is 7.42. The number of carbonyl (C=O) groups is 1. The van der Waals surface area contributed by atoms with Gasteiger partial charge in [0.05, 0.1) is 0 Å². The number of nitriles is 1. The second kappa shape index (κ2) is 4.38. The third-order valence-corrected chi connectivity index (χ3v) is 1.75. The van der Waals surface area contributed by atoms with E-state index in [-0.39, 0.29) is 12.4 Å². The molecule has 4 heteroatoms. The van der Waals surface area contributed by atoms with E-state index in [9.17, 15) is 9.18 Å². The van der Waals surface area contributed by atoms with E-state index in [1.165, 1.54) is 30.1 Å². The molecule has 1 aromatic carbocycles. The summed E-state index contributed by atoms with van der Waals surface area (Å²) in [7, 11) is 1.50. The Morgan fingerprint density at radius 2 is 2.36 bits per heavy atom. The molecule has 0 saturated carbocycles. The maximum Gasteiger partial charge on any atom is 0.325 e. The lowest BCUT2D eigenvalue weighted by atomic mass is 10.2. The van der Waals surface area contributed by atoms with Crippen LogP contribution >= 0.6 is 0 Å². The fourth-order valence-corrected chi connectivity index (χ4v) is 1.07. The SMILES string of the molecule is CN(Cc1cccc(F)c1)C(=O)C#N. The van der Waals surface area contributed by atoms with Crippen molar-refractivity contribution >= 4 is 5.91 Å². The first-order chi connectivity index (χ1) is 6.63. The fraction of sp³-hybridized carbons (Fsp3) is 0.200. The van der Waals surface area contributed by atoms with Crippen molar-refractivity contribution in [2.24, 2.45) is 0 Å². The highest BCUT2D eigenvalue weighted by Gasteiger charge is 2.07. The van der Waals surface area contributed by atoms with E-state index in [1.54, 1.807) is 12.1 Å². The Balaban J connectivity index is 2.70. The van der Waals surface area contributed by atoms with Crippen molar-refractivity contribution in [3.8, 4) is 6.07 Å². The molecule has 0 fully saturated rings. The molecule has 0 saturated heterocycles. The molecule has 1 aromatic rings. The number of carbonyl (C=O) groups excluding carboxylic acids is 1. The molecule has 0 heterocycles. The lowest BCUT2D eigenvalue weighted by Crippen LogP contribution is -2.24. The Labute approximate surface area is 81.4 Å². The molecule has 0 N–H and O–H groups in total.